The molecule has 3 atom stereocenters. The summed E-state index contributed by atoms with van der Waals surface area (Å²) in [5.41, 5.74) is 4.18. The predicted molar refractivity (Wildman–Crippen MR) is 95.3 cm³/mol. The Labute approximate surface area is 138 Å². The Hall–Kier alpha value is -2.38. The van der Waals surface area contributed by atoms with Crippen LogP contribution in [0.1, 0.15) is 41.1 Å². The second-order valence-corrected chi connectivity index (χ2v) is 6.27. The van der Waals surface area contributed by atoms with Crippen molar-refractivity contribution in [1.29, 1.82) is 0 Å². The fraction of sp³-hybridized carbons (Fsp3) is 0.182. The quantitative estimate of drug-likeness (QED) is 0.697. The second-order valence-electron chi connectivity index (χ2n) is 6.27. The van der Waals surface area contributed by atoms with Crippen molar-refractivity contribution in [3.8, 4) is 0 Å². The molecule has 0 spiro atoms. The first-order chi connectivity index (χ1) is 11.4. The summed E-state index contributed by atoms with van der Waals surface area (Å²) in [5.74, 6) is 0.504. The highest BCUT2D eigenvalue weighted by Gasteiger charge is 2.35. The molecule has 1 heteroatoms. The molecule has 0 saturated carbocycles. The van der Waals surface area contributed by atoms with Gasteiger partial charge >= 0.3 is 0 Å². The Morgan fingerprint density at radius 2 is 1.04 bits per heavy atom. The fourth-order valence-electron chi connectivity index (χ4n) is 3.73. The summed E-state index contributed by atoms with van der Waals surface area (Å²) in [4.78, 5) is 0. The largest absolute Gasteiger partial charge is 0.302 e. The molecule has 1 nitrogen and oxygen atoms in total. The maximum atomic E-state index is 3.87. The molecular weight excluding hydrogens is 278 g/mol. The van der Waals surface area contributed by atoms with Crippen LogP contribution in [-0.2, 0) is 0 Å². The van der Waals surface area contributed by atoms with E-state index in [1.807, 2.05) is 0 Å². The molecule has 0 radical (unpaired) electrons. The Bertz CT molecular complexity index is 689. The highest BCUT2D eigenvalue weighted by molar-refractivity contribution is 5.33. The molecular formula is C22H21N. The molecule has 23 heavy (non-hydrogen) atoms. The van der Waals surface area contributed by atoms with Crippen molar-refractivity contribution in [1.82, 2.24) is 5.32 Å². The summed E-state index contributed by atoms with van der Waals surface area (Å²) >= 11 is 0. The van der Waals surface area contributed by atoms with Gasteiger partial charge in [-0.15, -0.1) is 0 Å². The van der Waals surface area contributed by atoms with E-state index in [0.29, 0.717) is 18.0 Å². The van der Waals surface area contributed by atoms with Crippen LogP contribution in [0.25, 0.3) is 0 Å². The van der Waals surface area contributed by atoms with Gasteiger partial charge in [0.05, 0.1) is 0 Å². The van der Waals surface area contributed by atoms with E-state index in [9.17, 15) is 0 Å². The zero-order valence-electron chi connectivity index (χ0n) is 13.1. The smallest absolute Gasteiger partial charge is 0.0395 e. The molecule has 1 N–H and O–H groups in total. The van der Waals surface area contributed by atoms with Crippen LogP contribution >= 0.6 is 0 Å². The van der Waals surface area contributed by atoms with E-state index < -0.39 is 0 Å². The van der Waals surface area contributed by atoms with Gasteiger partial charge in [0, 0.05) is 18.0 Å². The van der Waals surface area contributed by atoms with E-state index >= 15 is 0 Å². The molecule has 1 aliphatic heterocycles. The van der Waals surface area contributed by atoms with Crippen LogP contribution in [0.4, 0.5) is 0 Å². The normalized spacial score (nSPS) is 23.7. The summed E-state index contributed by atoms with van der Waals surface area (Å²) < 4.78 is 0. The summed E-state index contributed by atoms with van der Waals surface area (Å²) in [6.45, 7) is 0. The molecule has 1 saturated heterocycles. The first kappa shape index (κ1) is 14.2. The Morgan fingerprint density at radius 3 is 1.61 bits per heavy atom. The number of benzene rings is 3. The van der Waals surface area contributed by atoms with Gasteiger partial charge in [-0.2, -0.15) is 0 Å². The third-order valence-corrected chi connectivity index (χ3v) is 4.86. The average molecular weight is 299 g/mol. The molecule has 0 aliphatic carbocycles. The zero-order valence-corrected chi connectivity index (χ0v) is 13.1. The number of hydrogen-bond acceptors (Lipinski definition) is 1. The minimum Gasteiger partial charge on any atom is -0.302 e. The lowest BCUT2D eigenvalue weighted by molar-refractivity contribution is 0.554. The second kappa shape index (κ2) is 6.39. The standard InChI is InChI=1S/C22H21N/c1-4-10-17(11-5-1)20-16-21(18-12-6-2-7-13-18)23-22(20)19-14-8-3-9-15-19/h1-15,20-23H,16H2/t20-,21?,22-/m0/s1. The van der Waals surface area contributed by atoms with Crippen LogP contribution in [0.3, 0.4) is 0 Å². The lowest BCUT2D eigenvalue weighted by atomic mass is 9.86. The molecule has 4 rings (SSSR count). The third kappa shape index (κ3) is 2.93. The van der Waals surface area contributed by atoms with Crippen molar-refractivity contribution in [2.45, 2.75) is 24.4 Å². The fourth-order valence-corrected chi connectivity index (χ4v) is 3.73. The van der Waals surface area contributed by atoms with Crippen molar-refractivity contribution >= 4 is 0 Å². The van der Waals surface area contributed by atoms with Crippen LogP contribution < -0.4 is 5.32 Å². The van der Waals surface area contributed by atoms with Gasteiger partial charge in [-0.25, -0.2) is 0 Å². The van der Waals surface area contributed by atoms with E-state index in [1.165, 1.54) is 16.7 Å². The first-order valence-corrected chi connectivity index (χ1v) is 8.33. The van der Waals surface area contributed by atoms with Gasteiger partial charge in [-0.1, -0.05) is 91.0 Å². The van der Waals surface area contributed by atoms with E-state index in [0.717, 1.165) is 6.42 Å². The third-order valence-electron chi connectivity index (χ3n) is 4.86. The average Bonchev–Trinajstić information content (AvgIpc) is 3.09. The predicted octanol–water partition coefficient (Wildman–Crippen LogP) is 5.25. The molecule has 0 bridgehead atoms. The van der Waals surface area contributed by atoms with Crippen molar-refractivity contribution in [2.24, 2.45) is 0 Å². The van der Waals surface area contributed by atoms with Crippen LogP contribution in [-0.4, -0.2) is 0 Å². The summed E-state index contributed by atoms with van der Waals surface area (Å²) in [5, 5.41) is 3.87. The van der Waals surface area contributed by atoms with Gasteiger partial charge in [0.1, 0.15) is 0 Å². The SMILES string of the molecule is c1ccc(C2C[C@@H](c3ccccc3)[C@H](c3ccccc3)N2)cc1. The minimum atomic E-state index is 0.365. The van der Waals surface area contributed by atoms with Crippen molar-refractivity contribution in [3.05, 3.63) is 108 Å². The van der Waals surface area contributed by atoms with E-state index in [1.54, 1.807) is 0 Å². The molecule has 3 aromatic carbocycles. The minimum absolute atomic E-state index is 0.365. The van der Waals surface area contributed by atoms with E-state index in [-0.39, 0.29) is 0 Å². The number of rotatable bonds is 3. The maximum Gasteiger partial charge on any atom is 0.0395 e. The lowest BCUT2D eigenvalue weighted by Crippen LogP contribution is -2.19. The number of nitrogens with one attached hydrogen (secondary N) is 1. The van der Waals surface area contributed by atoms with Crippen LogP contribution in [0.2, 0.25) is 0 Å². The molecule has 114 valence electrons. The van der Waals surface area contributed by atoms with Gasteiger partial charge in [0.2, 0.25) is 0 Å². The Morgan fingerprint density at radius 1 is 0.565 bits per heavy atom. The van der Waals surface area contributed by atoms with Gasteiger partial charge < -0.3 is 5.32 Å². The molecule has 1 heterocycles. The Kier molecular flexibility index (Phi) is 3.95. The lowest BCUT2D eigenvalue weighted by Gasteiger charge is -2.20. The van der Waals surface area contributed by atoms with E-state index in [4.69, 9.17) is 0 Å². The van der Waals surface area contributed by atoms with Gasteiger partial charge in [-0.05, 0) is 23.1 Å². The zero-order chi connectivity index (χ0) is 15.5. The van der Waals surface area contributed by atoms with Gasteiger partial charge in [0.15, 0.2) is 0 Å². The molecule has 1 aliphatic rings. The maximum absolute atomic E-state index is 3.87. The molecule has 3 aromatic rings. The number of hydrogen-bond donors (Lipinski definition) is 1. The highest BCUT2D eigenvalue weighted by atomic mass is 15.0. The molecule has 1 fully saturated rings. The van der Waals surface area contributed by atoms with Crippen LogP contribution in [0.5, 0.6) is 0 Å². The van der Waals surface area contributed by atoms with Gasteiger partial charge in [0.25, 0.3) is 0 Å². The van der Waals surface area contributed by atoms with Gasteiger partial charge in [-0.3, -0.25) is 0 Å². The molecule has 0 aromatic heterocycles. The van der Waals surface area contributed by atoms with Crippen LogP contribution in [0, 0.1) is 0 Å². The summed E-state index contributed by atoms with van der Waals surface area (Å²) in [6, 6.07) is 33.3. The topological polar surface area (TPSA) is 12.0 Å². The highest BCUT2D eigenvalue weighted by Crippen LogP contribution is 2.45. The van der Waals surface area contributed by atoms with Crippen LogP contribution in [0.15, 0.2) is 91.0 Å². The summed E-state index contributed by atoms with van der Waals surface area (Å²) in [6.07, 6.45) is 1.13. The Balaban J connectivity index is 1.70. The monoisotopic (exact) mass is 299 g/mol. The van der Waals surface area contributed by atoms with Crippen molar-refractivity contribution in [3.63, 3.8) is 0 Å². The van der Waals surface area contributed by atoms with Crippen molar-refractivity contribution < 1.29 is 0 Å². The molecule has 1 unspecified atom stereocenters. The summed E-state index contributed by atoms with van der Waals surface area (Å²) in [7, 11) is 0. The van der Waals surface area contributed by atoms with Crippen molar-refractivity contribution in [2.75, 3.05) is 0 Å². The first-order valence-electron chi connectivity index (χ1n) is 8.33. The van der Waals surface area contributed by atoms with E-state index in [2.05, 4.69) is 96.3 Å². The molecule has 0 amide bonds.